The molecular weight excluding hydrogens is 773 g/mol. The number of carbonyl (C=O) groups excluding carboxylic acids is 2. The van der Waals surface area contributed by atoms with Gasteiger partial charge >= 0.3 is 17.1 Å². The van der Waals surface area contributed by atoms with Crippen LogP contribution in [0.1, 0.15) is 34.7 Å². The predicted molar refractivity (Wildman–Crippen MR) is 137 cm³/mol. The third-order valence-electron chi connectivity index (χ3n) is 3.63. The van der Waals surface area contributed by atoms with Crippen LogP contribution in [0.25, 0.3) is 0 Å². The summed E-state index contributed by atoms with van der Waals surface area (Å²) in [7, 11) is 0. The van der Waals surface area contributed by atoms with Gasteiger partial charge in [0.2, 0.25) is 0 Å². The van der Waals surface area contributed by atoms with E-state index in [1.165, 1.54) is 20.0 Å². The summed E-state index contributed by atoms with van der Waals surface area (Å²) in [5, 5.41) is 14.8. The van der Waals surface area contributed by atoms with Gasteiger partial charge in [-0.1, -0.05) is 56.2 Å². The number of aromatic nitrogens is 1. The molecule has 2 N–H and O–H groups in total. The first-order chi connectivity index (χ1) is 14.1. The second kappa shape index (κ2) is 19.1. The Morgan fingerprint density at radius 2 is 1.30 bits per heavy atom. The molecule has 0 aliphatic heterocycles. The molecule has 0 saturated heterocycles. The Morgan fingerprint density at radius 3 is 1.58 bits per heavy atom. The van der Waals surface area contributed by atoms with E-state index < -0.39 is 0 Å². The number of alkyl halides is 2. The maximum atomic E-state index is 11.0. The Morgan fingerprint density at radius 1 is 0.879 bits per heavy atom. The standard InChI is InChI=1S/C9H9NO2.2C6H5Br2N.2ClH.Fe/c1-6(11)8-4-3-5-10-9(8)7(2)12;2*7-4-2-1-3-5(8)6(4)9;;;/h3-5H,1-2H3;2*1-4,9H;2*1H;/q;;;;;+2/p-2. The number of allylic oxidation sites excluding steroid dienone is 8. The number of hydrogen-bond donors (Lipinski definition) is 2. The van der Waals surface area contributed by atoms with Gasteiger partial charge < -0.3 is 35.6 Å². The molecule has 2 unspecified atom stereocenters. The number of ketones is 2. The fraction of sp³-hybridized carbons (Fsp3) is 0.190. The summed E-state index contributed by atoms with van der Waals surface area (Å²) >= 11 is 13.1. The second-order valence-corrected chi connectivity index (χ2v) is 9.62. The van der Waals surface area contributed by atoms with Gasteiger partial charge in [0.1, 0.15) is 5.69 Å². The molecule has 0 amide bonds. The summed E-state index contributed by atoms with van der Waals surface area (Å²) in [6.07, 6.45) is 12.9. The molecule has 5 nitrogen and oxygen atoms in total. The molecule has 12 heteroatoms. The smallest absolute Gasteiger partial charge is 1.00 e. The topological polar surface area (TPSA) is 94.7 Å². The molecule has 0 aromatic carbocycles. The molecule has 180 valence electrons. The SMILES string of the molecule is CC(=O)c1cccnc1C(C)=O.N=C1C(Br)=CC=CC1Br.N=C1C(Br)=CC=CC1Br.[Cl-].[Cl-].[Fe+2]. The Labute approximate surface area is 250 Å². The summed E-state index contributed by atoms with van der Waals surface area (Å²) in [5.41, 5.74) is 1.81. The number of halogens is 6. The van der Waals surface area contributed by atoms with Crippen molar-refractivity contribution in [2.45, 2.75) is 23.5 Å². The molecule has 0 radical (unpaired) electrons. The van der Waals surface area contributed by atoms with Crippen molar-refractivity contribution in [3.05, 3.63) is 75.0 Å². The van der Waals surface area contributed by atoms with E-state index in [2.05, 4.69) is 68.7 Å². The minimum Gasteiger partial charge on any atom is -1.00 e. The zero-order valence-electron chi connectivity index (χ0n) is 17.2. The van der Waals surface area contributed by atoms with Gasteiger partial charge in [0.25, 0.3) is 0 Å². The first-order valence-electron chi connectivity index (χ1n) is 8.56. The van der Waals surface area contributed by atoms with Crippen molar-refractivity contribution in [2.24, 2.45) is 0 Å². The first-order valence-corrected chi connectivity index (χ1v) is 12.0. The number of rotatable bonds is 2. The number of Topliss-reactive ketones (excluding diaryl/α,β-unsaturated/α-hetero) is 2. The monoisotopic (exact) mass is 787 g/mol. The largest absolute Gasteiger partial charge is 2.00 e. The summed E-state index contributed by atoms with van der Waals surface area (Å²) in [6, 6.07) is 3.25. The minimum atomic E-state index is -0.180. The molecule has 1 aromatic heterocycles. The second-order valence-electron chi connectivity index (χ2n) is 5.94. The van der Waals surface area contributed by atoms with Crippen molar-refractivity contribution in [2.75, 3.05) is 0 Å². The van der Waals surface area contributed by atoms with Crippen molar-refractivity contribution in [3.63, 3.8) is 0 Å². The van der Waals surface area contributed by atoms with Gasteiger partial charge in [-0.25, -0.2) is 0 Å². The van der Waals surface area contributed by atoms with Crippen LogP contribution >= 0.6 is 63.7 Å². The Balaban J connectivity index is -0.000000396. The third kappa shape index (κ3) is 12.9. The third-order valence-corrected chi connectivity index (χ3v) is 6.54. The fourth-order valence-electron chi connectivity index (χ4n) is 2.08. The summed E-state index contributed by atoms with van der Waals surface area (Å²) in [6.45, 7) is 2.82. The van der Waals surface area contributed by atoms with Crippen molar-refractivity contribution < 1.29 is 51.5 Å². The van der Waals surface area contributed by atoms with E-state index >= 15 is 0 Å². The van der Waals surface area contributed by atoms with Gasteiger partial charge in [-0.2, -0.15) is 0 Å². The normalized spacial score (nSPS) is 17.8. The predicted octanol–water partition coefficient (Wildman–Crippen LogP) is 0.729. The van der Waals surface area contributed by atoms with Crippen LogP contribution in [-0.4, -0.2) is 37.6 Å². The maximum Gasteiger partial charge on any atom is 2.00 e. The van der Waals surface area contributed by atoms with Crippen LogP contribution < -0.4 is 24.8 Å². The van der Waals surface area contributed by atoms with E-state index in [-0.39, 0.29) is 68.8 Å². The van der Waals surface area contributed by atoms with Crippen molar-refractivity contribution in [1.82, 2.24) is 4.98 Å². The molecule has 0 fully saturated rings. The average Bonchev–Trinajstić information content (AvgIpc) is 2.71. The van der Waals surface area contributed by atoms with Crippen LogP contribution in [0.15, 0.2) is 63.8 Å². The van der Waals surface area contributed by atoms with Crippen LogP contribution in [0.4, 0.5) is 0 Å². The Kier molecular flexibility index (Phi) is 21.6. The molecule has 2 atom stereocenters. The first kappa shape index (κ1) is 37.4. The van der Waals surface area contributed by atoms with E-state index in [4.69, 9.17) is 10.8 Å². The van der Waals surface area contributed by atoms with Crippen LogP contribution in [0, 0.1) is 10.8 Å². The molecule has 1 heterocycles. The minimum absolute atomic E-state index is 0. The van der Waals surface area contributed by atoms with Crippen molar-refractivity contribution in [3.8, 4) is 0 Å². The van der Waals surface area contributed by atoms with Crippen LogP contribution in [0.3, 0.4) is 0 Å². The summed E-state index contributed by atoms with van der Waals surface area (Å²) in [5.74, 6) is -0.311. The number of pyridine rings is 1. The molecule has 0 bridgehead atoms. The van der Waals surface area contributed by atoms with Crippen LogP contribution in [0.5, 0.6) is 0 Å². The summed E-state index contributed by atoms with van der Waals surface area (Å²) in [4.78, 5) is 25.9. The zero-order chi connectivity index (χ0) is 22.8. The molecular formula is C21H19Br4Cl2FeN3O2. The van der Waals surface area contributed by atoms with Gasteiger partial charge in [-0.05, 0) is 63.1 Å². The number of hydrogen-bond acceptors (Lipinski definition) is 5. The average molecular weight is 792 g/mol. The number of nitrogens with zero attached hydrogens (tertiary/aromatic N) is 1. The molecule has 0 spiro atoms. The molecule has 0 saturated carbocycles. The van der Waals surface area contributed by atoms with E-state index in [0.29, 0.717) is 17.0 Å². The van der Waals surface area contributed by atoms with Gasteiger partial charge in [-0.3, -0.25) is 14.6 Å². The fourth-order valence-corrected chi connectivity index (χ4v) is 4.34. The van der Waals surface area contributed by atoms with Crippen LogP contribution in [-0.2, 0) is 17.1 Å². The van der Waals surface area contributed by atoms with Crippen molar-refractivity contribution in [1.29, 1.82) is 10.8 Å². The number of nitrogens with one attached hydrogen (secondary N) is 2. The van der Waals surface area contributed by atoms with E-state index in [1.54, 1.807) is 12.1 Å². The Bertz CT molecular complexity index is 905. The van der Waals surface area contributed by atoms with E-state index in [0.717, 1.165) is 8.96 Å². The summed E-state index contributed by atoms with van der Waals surface area (Å²) < 4.78 is 1.71. The molecule has 2 aliphatic rings. The molecule has 1 aromatic rings. The van der Waals surface area contributed by atoms with Gasteiger partial charge in [0, 0.05) is 27.6 Å². The van der Waals surface area contributed by atoms with Gasteiger partial charge in [0.05, 0.1) is 21.1 Å². The quantitative estimate of drug-likeness (QED) is 0.263. The molecule has 3 rings (SSSR count). The van der Waals surface area contributed by atoms with E-state index in [1.807, 2.05) is 36.5 Å². The molecule has 33 heavy (non-hydrogen) atoms. The van der Waals surface area contributed by atoms with Crippen LogP contribution in [0.2, 0.25) is 0 Å². The van der Waals surface area contributed by atoms with E-state index in [9.17, 15) is 9.59 Å². The number of carbonyl (C=O) groups is 2. The van der Waals surface area contributed by atoms with Crippen molar-refractivity contribution >= 4 is 86.7 Å². The van der Waals surface area contributed by atoms with Gasteiger partial charge in [-0.15, -0.1) is 0 Å². The Hall–Kier alpha value is -0.191. The van der Waals surface area contributed by atoms with Gasteiger partial charge in [0.15, 0.2) is 11.6 Å². The zero-order valence-corrected chi connectivity index (χ0v) is 26.2. The molecule has 2 aliphatic carbocycles. The maximum absolute atomic E-state index is 11.0.